The molecular weight excluding hydrogens is 273 g/mol. The third-order valence-corrected chi connectivity index (χ3v) is 3.12. The standard InChI is InChI=1S/C13H15F3N2O2/c14-13(15,16)8-2-1-3-9(6-8)18-12(19)11-5-4-10(7-17)20-11/h1-3,6,10-11H,4-5,7,17H2,(H,18,19). The number of benzene rings is 1. The largest absolute Gasteiger partial charge is 0.416 e. The molecular formula is C13H15F3N2O2. The van der Waals surface area contributed by atoms with Crippen molar-refractivity contribution in [2.75, 3.05) is 11.9 Å². The Kier molecular flexibility index (Phi) is 4.29. The van der Waals surface area contributed by atoms with E-state index in [0.29, 0.717) is 19.4 Å². The Morgan fingerprint density at radius 2 is 2.15 bits per heavy atom. The van der Waals surface area contributed by atoms with Crippen LogP contribution in [0.15, 0.2) is 24.3 Å². The molecule has 7 heteroatoms. The van der Waals surface area contributed by atoms with Crippen molar-refractivity contribution in [2.24, 2.45) is 5.73 Å². The number of halogens is 3. The van der Waals surface area contributed by atoms with Crippen molar-refractivity contribution in [3.8, 4) is 0 Å². The molecule has 110 valence electrons. The zero-order valence-electron chi connectivity index (χ0n) is 10.6. The third kappa shape index (κ3) is 3.49. The minimum absolute atomic E-state index is 0.102. The molecule has 4 nitrogen and oxygen atoms in total. The molecule has 1 heterocycles. The van der Waals surface area contributed by atoms with E-state index in [0.717, 1.165) is 12.1 Å². The highest BCUT2D eigenvalue weighted by molar-refractivity contribution is 5.94. The Labute approximate surface area is 114 Å². The van der Waals surface area contributed by atoms with Crippen LogP contribution in [-0.2, 0) is 15.7 Å². The lowest BCUT2D eigenvalue weighted by Crippen LogP contribution is -2.29. The average molecular weight is 288 g/mol. The lowest BCUT2D eigenvalue weighted by Gasteiger charge is -2.14. The number of hydrogen-bond donors (Lipinski definition) is 2. The molecule has 2 unspecified atom stereocenters. The van der Waals surface area contributed by atoms with Gasteiger partial charge in [0.1, 0.15) is 6.10 Å². The van der Waals surface area contributed by atoms with Gasteiger partial charge < -0.3 is 15.8 Å². The molecule has 1 fully saturated rings. The third-order valence-electron chi connectivity index (χ3n) is 3.12. The molecule has 1 saturated heterocycles. The van der Waals surface area contributed by atoms with Crippen molar-refractivity contribution in [3.63, 3.8) is 0 Å². The van der Waals surface area contributed by atoms with Gasteiger partial charge in [-0.1, -0.05) is 6.07 Å². The first kappa shape index (κ1) is 14.8. The van der Waals surface area contributed by atoms with Gasteiger partial charge in [-0.3, -0.25) is 4.79 Å². The summed E-state index contributed by atoms with van der Waals surface area (Å²) in [5.74, 6) is -0.444. The van der Waals surface area contributed by atoms with Crippen LogP contribution in [0.1, 0.15) is 18.4 Å². The zero-order chi connectivity index (χ0) is 14.8. The van der Waals surface area contributed by atoms with Crippen molar-refractivity contribution in [2.45, 2.75) is 31.2 Å². The Bertz CT molecular complexity index is 491. The first-order valence-corrected chi connectivity index (χ1v) is 6.24. The highest BCUT2D eigenvalue weighted by atomic mass is 19.4. The number of ether oxygens (including phenoxy) is 1. The van der Waals surface area contributed by atoms with Crippen molar-refractivity contribution in [3.05, 3.63) is 29.8 Å². The lowest BCUT2D eigenvalue weighted by atomic mass is 10.1. The van der Waals surface area contributed by atoms with Gasteiger partial charge in [-0.15, -0.1) is 0 Å². The fourth-order valence-electron chi connectivity index (χ4n) is 2.07. The molecule has 0 radical (unpaired) electrons. The highest BCUT2D eigenvalue weighted by Gasteiger charge is 2.32. The van der Waals surface area contributed by atoms with E-state index in [1.54, 1.807) is 0 Å². The summed E-state index contributed by atoms with van der Waals surface area (Å²) in [7, 11) is 0. The number of alkyl halides is 3. The number of amides is 1. The lowest BCUT2D eigenvalue weighted by molar-refractivity contribution is -0.137. The SMILES string of the molecule is NCC1CCC(C(=O)Nc2cccc(C(F)(F)F)c2)O1. The van der Waals surface area contributed by atoms with Gasteiger partial charge >= 0.3 is 6.18 Å². The Morgan fingerprint density at radius 3 is 2.75 bits per heavy atom. The van der Waals surface area contributed by atoms with Crippen LogP contribution in [0, 0.1) is 0 Å². The van der Waals surface area contributed by atoms with Gasteiger partial charge in [-0.05, 0) is 31.0 Å². The number of rotatable bonds is 3. The Balaban J connectivity index is 2.02. The maximum absolute atomic E-state index is 12.6. The van der Waals surface area contributed by atoms with Crippen LogP contribution >= 0.6 is 0 Å². The van der Waals surface area contributed by atoms with E-state index >= 15 is 0 Å². The molecule has 3 N–H and O–H groups in total. The van der Waals surface area contributed by atoms with E-state index in [1.165, 1.54) is 12.1 Å². The number of anilines is 1. The van der Waals surface area contributed by atoms with Crippen LogP contribution in [0.3, 0.4) is 0 Å². The summed E-state index contributed by atoms with van der Waals surface area (Å²) in [6, 6.07) is 4.50. The van der Waals surface area contributed by atoms with Gasteiger partial charge in [0.2, 0.25) is 0 Å². The van der Waals surface area contributed by atoms with Crippen molar-refractivity contribution in [1.82, 2.24) is 0 Å². The molecule has 1 aromatic carbocycles. The van der Waals surface area contributed by atoms with Gasteiger partial charge in [0.05, 0.1) is 11.7 Å². The molecule has 2 rings (SSSR count). The van der Waals surface area contributed by atoms with Crippen LogP contribution < -0.4 is 11.1 Å². The maximum atomic E-state index is 12.6. The molecule has 1 aliphatic heterocycles. The predicted octanol–water partition coefficient (Wildman–Crippen LogP) is 2.15. The molecule has 1 aromatic rings. The normalized spacial score (nSPS) is 22.8. The van der Waals surface area contributed by atoms with E-state index in [1.807, 2.05) is 0 Å². The van der Waals surface area contributed by atoms with Crippen LogP contribution in [0.25, 0.3) is 0 Å². The van der Waals surface area contributed by atoms with E-state index in [2.05, 4.69) is 5.32 Å². The van der Waals surface area contributed by atoms with Gasteiger partial charge in [-0.2, -0.15) is 13.2 Å². The average Bonchev–Trinajstić information content (AvgIpc) is 2.87. The first-order valence-electron chi connectivity index (χ1n) is 6.24. The molecule has 1 aliphatic rings. The van der Waals surface area contributed by atoms with Crippen LogP contribution in [0.4, 0.5) is 18.9 Å². The van der Waals surface area contributed by atoms with Crippen molar-refractivity contribution < 1.29 is 22.7 Å². The molecule has 1 amide bonds. The molecule has 0 spiro atoms. The van der Waals surface area contributed by atoms with Gasteiger partial charge in [-0.25, -0.2) is 0 Å². The molecule has 0 bridgehead atoms. The number of hydrogen-bond acceptors (Lipinski definition) is 3. The monoisotopic (exact) mass is 288 g/mol. The maximum Gasteiger partial charge on any atom is 0.416 e. The highest BCUT2D eigenvalue weighted by Crippen LogP contribution is 2.31. The summed E-state index contributed by atoms with van der Waals surface area (Å²) in [5.41, 5.74) is 4.73. The molecule has 0 saturated carbocycles. The second-order valence-electron chi connectivity index (χ2n) is 4.63. The minimum Gasteiger partial charge on any atom is -0.364 e. The second kappa shape index (κ2) is 5.80. The Hall–Kier alpha value is -1.60. The summed E-state index contributed by atoms with van der Waals surface area (Å²) in [4.78, 5) is 11.9. The first-order chi connectivity index (χ1) is 9.40. The van der Waals surface area contributed by atoms with Crippen LogP contribution in [-0.4, -0.2) is 24.7 Å². The van der Waals surface area contributed by atoms with E-state index in [-0.39, 0.29) is 11.8 Å². The zero-order valence-corrected chi connectivity index (χ0v) is 10.6. The summed E-state index contributed by atoms with van der Waals surface area (Å²) >= 11 is 0. The van der Waals surface area contributed by atoms with Crippen molar-refractivity contribution in [1.29, 1.82) is 0 Å². The Morgan fingerprint density at radius 1 is 1.40 bits per heavy atom. The summed E-state index contributed by atoms with van der Waals surface area (Å²) in [6.07, 6.45) is -4.05. The predicted molar refractivity (Wildman–Crippen MR) is 67.0 cm³/mol. The van der Waals surface area contributed by atoms with Crippen LogP contribution in [0.5, 0.6) is 0 Å². The number of carbonyl (C=O) groups is 1. The number of nitrogens with two attached hydrogens (primary N) is 1. The second-order valence-corrected chi connectivity index (χ2v) is 4.63. The van der Waals surface area contributed by atoms with Gasteiger partial charge in [0.25, 0.3) is 5.91 Å². The smallest absolute Gasteiger partial charge is 0.364 e. The van der Waals surface area contributed by atoms with Crippen LogP contribution in [0.2, 0.25) is 0 Å². The molecule has 2 atom stereocenters. The van der Waals surface area contributed by atoms with Gasteiger partial charge in [0.15, 0.2) is 0 Å². The number of carbonyl (C=O) groups excluding carboxylic acids is 1. The van der Waals surface area contributed by atoms with E-state index in [4.69, 9.17) is 10.5 Å². The summed E-state index contributed by atoms with van der Waals surface area (Å²) in [6.45, 7) is 0.327. The van der Waals surface area contributed by atoms with E-state index in [9.17, 15) is 18.0 Å². The fourth-order valence-corrected chi connectivity index (χ4v) is 2.07. The minimum atomic E-state index is -4.44. The summed E-state index contributed by atoms with van der Waals surface area (Å²) < 4.78 is 43.0. The topological polar surface area (TPSA) is 64.4 Å². The molecule has 0 aromatic heterocycles. The van der Waals surface area contributed by atoms with Crippen molar-refractivity contribution >= 4 is 11.6 Å². The van der Waals surface area contributed by atoms with Gasteiger partial charge in [0, 0.05) is 12.2 Å². The molecule has 20 heavy (non-hydrogen) atoms. The quantitative estimate of drug-likeness (QED) is 0.895. The molecule has 0 aliphatic carbocycles. The summed E-state index contributed by atoms with van der Waals surface area (Å²) in [5, 5.41) is 2.44. The van der Waals surface area contributed by atoms with E-state index < -0.39 is 23.8 Å². The number of nitrogens with one attached hydrogen (secondary N) is 1. The fraction of sp³-hybridized carbons (Fsp3) is 0.462.